The third-order valence-electron chi connectivity index (χ3n) is 3.93. The predicted molar refractivity (Wildman–Crippen MR) is 83.3 cm³/mol. The number of likely N-dealkylation sites (tertiary alicyclic amines) is 1. The quantitative estimate of drug-likeness (QED) is 0.756. The summed E-state index contributed by atoms with van der Waals surface area (Å²) in [5.41, 5.74) is 0.595. The molecule has 0 radical (unpaired) electrons. The molecule has 2 atom stereocenters. The maximum absolute atomic E-state index is 10.8. The monoisotopic (exact) mass is 291 g/mol. The van der Waals surface area contributed by atoms with Crippen LogP contribution in [0.4, 0.5) is 0 Å². The average Bonchev–Trinajstić information content (AvgIpc) is 2.46. The van der Waals surface area contributed by atoms with E-state index in [-0.39, 0.29) is 0 Å². The van der Waals surface area contributed by atoms with Crippen molar-refractivity contribution in [1.82, 2.24) is 4.90 Å². The van der Waals surface area contributed by atoms with Gasteiger partial charge in [0.25, 0.3) is 0 Å². The summed E-state index contributed by atoms with van der Waals surface area (Å²) in [7, 11) is 1.59. The van der Waals surface area contributed by atoms with Crippen molar-refractivity contribution >= 4 is 6.29 Å². The molecular weight excluding hydrogens is 266 g/mol. The average molecular weight is 291 g/mol. The molecule has 0 saturated carbocycles. The third-order valence-corrected chi connectivity index (χ3v) is 3.93. The van der Waals surface area contributed by atoms with Crippen LogP contribution < -0.4 is 9.47 Å². The first-order valence-electron chi connectivity index (χ1n) is 7.60. The minimum atomic E-state index is 0.595. The summed E-state index contributed by atoms with van der Waals surface area (Å²) >= 11 is 0. The second-order valence-electron chi connectivity index (χ2n) is 6.08. The maximum Gasteiger partial charge on any atom is 0.161 e. The van der Waals surface area contributed by atoms with E-state index < -0.39 is 0 Å². The number of rotatable bonds is 6. The van der Waals surface area contributed by atoms with E-state index >= 15 is 0 Å². The van der Waals surface area contributed by atoms with Gasteiger partial charge in [0.2, 0.25) is 0 Å². The zero-order valence-electron chi connectivity index (χ0n) is 13.2. The summed E-state index contributed by atoms with van der Waals surface area (Å²) in [5.74, 6) is 2.83. The molecule has 2 rings (SSSR count). The topological polar surface area (TPSA) is 38.8 Å². The molecule has 0 aromatic heterocycles. The molecule has 0 N–H and O–H groups in total. The Balaban J connectivity index is 1.87. The van der Waals surface area contributed by atoms with Gasteiger partial charge in [-0.2, -0.15) is 0 Å². The lowest BCUT2D eigenvalue weighted by Gasteiger charge is -2.34. The number of piperidine rings is 1. The summed E-state index contributed by atoms with van der Waals surface area (Å²) < 4.78 is 11.1. The van der Waals surface area contributed by atoms with Crippen molar-refractivity contribution in [3.05, 3.63) is 23.8 Å². The number of hydrogen-bond acceptors (Lipinski definition) is 4. The Hall–Kier alpha value is -1.55. The number of nitrogens with zero attached hydrogens (tertiary/aromatic N) is 1. The normalized spacial score (nSPS) is 22.8. The van der Waals surface area contributed by atoms with Gasteiger partial charge in [0.1, 0.15) is 12.9 Å². The fourth-order valence-corrected chi connectivity index (χ4v) is 3.14. The lowest BCUT2D eigenvalue weighted by molar-refractivity contribution is 0.112. The number of carbonyl (C=O) groups excluding carboxylic acids is 1. The van der Waals surface area contributed by atoms with Gasteiger partial charge in [0.15, 0.2) is 11.5 Å². The number of hydrogen-bond donors (Lipinski definition) is 0. The van der Waals surface area contributed by atoms with Crippen LogP contribution in [0, 0.1) is 11.8 Å². The molecule has 1 saturated heterocycles. The molecule has 1 aromatic carbocycles. The van der Waals surface area contributed by atoms with Crippen LogP contribution in [0.3, 0.4) is 0 Å². The van der Waals surface area contributed by atoms with Gasteiger partial charge in [-0.15, -0.1) is 0 Å². The largest absolute Gasteiger partial charge is 0.493 e. The van der Waals surface area contributed by atoms with Crippen LogP contribution in [0.25, 0.3) is 0 Å². The van der Waals surface area contributed by atoms with Crippen LogP contribution in [0.5, 0.6) is 11.5 Å². The van der Waals surface area contributed by atoms with Gasteiger partial charge in [-0.1, -0.05) is 13.8 Å². The Kier molecular flexibility index (Phi) is 5.62. The van der Waals surface area contributed by atoms with Gasteiger partial charge in [0.05, 0.1) is 7.11 Å². The van der Waals surface area contributed by atoms with Crippen molar-refractivity contribution in [2.45, 2.75) is 20.3 Å². The molecule has 4 nitrogen and oxygen atoms in total. The SMILES string of the molecule is COc1cc(C=O)ccc1OCCN1C[C@@H](C)C[C@H](C)C1. The number of methoxy groups -OCH3 is 1. The first-order chi connectivity index (χ1) is 10.1. The van der Waals surface area contributed by atoms with E-state index in [9.17, 15) is 4.79 Å². The van der Waals surface area contributed by atoms with Crippen molar-refractivity contribution in [2.24, 2.45) is 11.8 Å². The fraction of sp³-hybridized carbons (Fsp3) is 0.588. The summed E-state index contributed by atoms with van der Waals surface area (Å²) in [6, 6.07) is 5.24. The second kappa shape index (κ2) is 7.46. The van der Waals surface area contributed by atoms with Gasteiger partial charge in [0, 0.05) is 25.2 Å². The van der Waals surface area contributed by atoms with Crippen molar-refractivity contribution in [2.75, 3.05) is 33.4 Å². The first kappa shape index (κ1) is 15.8. The molecule has 4 heteroatoms. The summed E-state index contributed by atoms with van der Waals surface area (Å²) in [5, 5.41) is 0. The molecule has 116 valence electrons. The Morgan fingerprint density at radius 1 is 1.24 bits per heavy atom. The van der Waals surface area contributed by atoms with Gasteiger partial charge in [-0.25, -0.2) is 0 Å². The molecule has 0 aliphatic carbocycles. The molecule has 0 bridgehead atoms. The van der Waals surface area contributed by atoms with Gasteiger partial charge in [-0.3, -0.25) is 9.69 Å². The molecule has 1 aliphatic rings. The highest BCUT2D eigenvalue weighted by atomic mass is 16.5. The van der Waals surface area contributed by atoms with Gasteiger partial charge < -0.3 is 9.47 Å². The maximum atomic E-state index is 10.8. The lowest BCUT2D eigenvalue weighted by atomic mass is 9.92. The highest BCUT2D eigenvalue weighted by molar-refractivity contribution is 5.76. The summed E-state index contributed by atoms with van der Waals surface area (Å²) in [6.07, 6.45) is 2.13. The Morgan fingerprint density at radius 2 is 1.95 bits per heavy atom. The third kappa shape index (κ3) is 4.46. The van der Waals surface area contributed by atoms with Crippen LogP contribution in [-0.4, -0.2) is 44.5 Å². The van der Waals surface area contributed by atoms with Gasteiger partial charge >= 0.3 is 0 Å². The highest BCUT2D eigenvalue weighted by Gasteiger charge is 2.21. The predicted octanol–water partition coefficient (Wildman–Crippen LogP) is 2.86. The molecule has 0 unspecified atom stereocenters. The molecule has 1 aromatic rings. The van der Waals surface area contributed by atoms with Crippen molar-refractivity contribution in [3.8, 4) is 11.5 Å². The van der Waals surface area contributed by atoms with E-state index in [1.54, 1.807) is 25.3 Å². The van der Waals surface area contributed by atoms with Crippen LogP contribution in [0.2, 0.25) is 0 Å². The lowest BCUT2D eigenvalue weighted by Crippen LogP contribution is -2.40. The summed E-state index contributed by atoms with van der Waals surface area (Å²) in [4.78, 5) is 13.2. The van der Waals surface area contributed by atoms with Crippen molar-refractivity contribution in [3.63, 3.8) is 0 Å². The smallest absolute Gasteiger partial charge is 0.161 e. The molecule has 0 spiro atoms. The molecule has 0 amide bonds. The molecule has 1 fully saturated rings. The molecule has 1 heterocycles. The van der Waals surface area contributed by atoms with E-state index in [1.807, 2.05) is 0 Å². The number of carbonyl (C=O) groups is 1. The van der Waals surface area contributed by atoms with Crippen molar-refractivity contribution in [1.29, 1.82) is 0 Å². The van der Waals surface area contributed by atoms with E-state index in [1.165, 1.54) is 6.42 Å². The number of ether oxygens (including phenoxy) is 2. The van der Waals surface area contributed by atoms with E-state index in [0.29, 0.717) is 23.7 Å². The molecular formula is C17H25NO3. The van der Waals surface area contributed by atoms with Crippen LogP contribution in [0.1, 0.15) is 30.6 Å². The van der Waals surface area contributed by atoms with Crippen LogP contribution in [-0.2, 0) is 0 Å². The van der Waals surface area contributed by atoms with E-state index in [2.05, 4.69) is 18.7 Å². The first-order valence-corrected chi connectivity index (χ1v) is 7.60. The number of aldehydes is 1. The molecule has 1 aliphatic heterocycles. The molecule has 21 heavy (non-hydrogen) atoms. The van der Waals surface area contributed by atoms with Gasteiger partial charge in [-0.05, 0) is 36.5 Å². The van der Waals surface area contributed by atoms with Crippen LogP contribution >= 0.6 is 0 Å². The number of benzene rings is 1. The second-order valence-corrected chi connectivity index (χ2v) is 6.08. The summed E-state index contributed by atoms with van der Waals surface area (Å²) in [6.45, 7) is 8.47. The van der Waals surface area contributed by atoms with E-state index in [0.717, 1.165) is 37.8 Å². The highest BCUT2D eigenvalue weighted by Crippen LogP contribution is 2.27. The Bertz CT molecular complexity index is 465. The Morgan fingerprint density at radius 3 is 2.57 bits per heavy atom. The van der Waals surface area contributed by atoms with Crippen molar-refractivity contribution < 1.29 is 14.3 Å². The van der Waals surface area contributed by atoms with Crippen LogP contribution in [0.15, 0.2) is 18.2 Å². The minimum Gasteiger partial charge on any atom is -0.493 e. The zero-order valence-corrected chi connectivity index (χ0v) is 13.2. The fourth-order valence-electron chi connectivity index (χ4n) is 3.14. The zero-order chi connectivity index (χ0) is 15.2. The minimum absolute atomic E-state index is 0.595. The Labute approximate surface area is 127 Å². The van der Waals surface area contributed by atoms with E-state index in [4.69, 9.17) is 9.47 Å². The standard InChI is InChI=1S/C17H25NO3/c1-13-8-14(2)11-18(10-13)6-7-21-16-5-4-15(12-19)9-17(16)20-3/h4-5,9,12-14H,6-8,10-11H2,1-3H3/t13-,14-/m0/s1.